The van der Waals surface area contributed by atoms with E-state index in [9.17, 15) is 4.39 Å². The van der Waals surface area contributed by atoms with Gasteiger partial charge in [-0.2, -0.15) is 0 Å². The zero-order valence-electron chi connectivity index (χ0n) is 12.3. The van der Waals surface area contributed by atoms with Gasteiger partial charge in [0.25, 0.3) is 0 Å². The maximum absolute atomic E-state index is 13.9. The van der Waals surface area contributed by atoms with E-state index in [4.69, 9.17) is 11.6 Å². The van der Waals surface area contributed by atoms with Crippen molar-refractivity contribution in [2.45, 2.75) is 39.3 Å². The Morgan fingerprint density at radius 2 is 2.25 bits per heavy atom. The van der Waals surface area contributed by atoms with Crippen molar-refractivity contribution < 1.29 is 4.39 Å². The first-order chi connectivity index (χ1) is 9.56. The molecule has 112 valence electrons. The molecule has 1 fully saturated rings. The van der Waals surface area contributed by atoms with Crippen LogP contribution in [0.4, 0.5) is 4.39 Å². The number of nitrogens with zero attached hydrogens (tertiary/aromatic N) is 1. The number of benzene rings is 1. The van der Waals surface area contributed by atoms with Gasteiger partial charge in [-0.15, -0.1) is 0 Å². The van der Waals surface area contributed by atoms with E-state index in [1.54, 1.807) is 12.1 Å². The molecule has 1 aromatic rings. The van der Waals surface area contributed by atoms with Crippen molar-refractivity contribution in [3.05, 3.63) is 34.6 Å². The number of hydrogen-bond acceptors (Lipinski definition) is 2. The Kier molecular flexibility index (Phi) is 5.82. The van der Waals surface area contributed by atoms with Gasteiger partial charge in [-0.3, -0.25) is 4.90 Å². The lowest BCUT2D eigenvalue weighted by Crippen LogP contribution is -2.38. The highest BCUT2D eigenvalue weighted by atomic mass is 35.5. The molecule has 0 radical (unpaired) electrons. The summed E-state index contributed by atoms with van der Waals surface area (Å²) in [6.07, 6.45) is 2.25. The minimum absolute atomic E-state index is 0.199. The van der Waals surface area contributed by atoms with E-state index in [-0.39, 0.29) is 5.82 Å². The van der Waals surface area contributed by atoms with Crippen LogP contribution in [0.3, 0.4) is 0 Å². The summed E-state index contributed by atoms with van der Waals surface area (Å²) in [4.78, 5) is 2.32. The van der Waals surface area contributed by atoms with Gasteiger partial charge in [-0.1, -0.05) is 31.5 Å². The topological polar surface area (TPSA) is 15.3 Å². The third-order valence-corrected chi connectivity index (χ3v) is 4.12. The van der Waals surface area contributed by atoms with E-state index >= 15 is 0 Å². The van der Waals surface area contributed by atoms with E-state index in [2.05, 4.69) is 24.1 Å². The molecule has 1 N–H and O–H groups in total. The number of nitrogens with one attached hydrogen (secondary N) is 1. The fraction of sp³-hybridized carbons (Fsp3) is 0.625. The van der Waals surface area contributed by atoms with Crippen molar-refractivity contribution in [3.63, 3.8) is 0 Å². The molecular formula is C16H24ClFN2. The first kappa shape index (κ1) is 15.7. The molecule has 1 aliphatic rings. The van der Waals surface area contributed by atoms with Gasteiger partial charge in [-0.25, -0.2) is 4.39 Å². The average molecular weight is 299 g/mol. The van der Waals surface area contributed by atoms with Gasteiger partial charge in [0.05, 0.1) is 0 Å². The molecule has 1 saturated heterocycles. The fourth-order valence-corrected chi connectivity index (χ4v) is 3.08. The summed E-state index contributed by atoms with van der Waals surface area (Å²) in [5.74, 6) is 0.472. The van der Waals surface area contributed by atoms with Crippen molar-refractivity contribution in [2.24, 2.45) is 5.92 Å². The van der Waals surface area contributed by atoms with Crippen molar-refractivity contribution >= 4 is 11.6 Å². The van der Waals surface area contributed by atoms with Crippen molar-refractivity contribution in [3.8, 4) is 0 Å². The standard InChI is InChI=1S/C16H24ClFN2/c1-12(2)9-13-10-20(8-4-7-19-13)11-14-15(17)5-3-6-16(14)18/h3,5-6,12-13,19H,4,7-11H2,1-2H3. The van der Waals surface area contributed by atoms with Crippen molar-refractivity contribution in [1.29, 1.82) is 0 Å². The molecule has 0 aliphatic carbocycles. The van der Waals surface area contributed by atoms with Crippen LogP contribution >= 0.6 is 11.6 Å². The predicted octanol–water partition coefficient (Wildman–Crippen LogP) is 3.69. The highest BCUT2D eigenvalue weighted by molar-refractivity contribution is 6.31. The molecule has 1 aliphatic heterocycles. The Labute approximate surface area is 126 Å². The smallest absolute Gasteiger partial charge is 0.129 e. The normalized spacial score (nSPS) is 21.1. The molecule has 2 nitrogen and oxygen atoms in total. The molecule has 1 unspecified atom stereocenters. The fourth-order valence-electron chi connectivity index (χ4n) is 2.85. The van der Waals surface area contributed by atoms with Crippen LogP contribution in [0, 0.1) is 11.7 Å². The zero-order valence-corrected chi connectivity index (χ0v) is 13.1. The van der Waals surface area contributed by atoms with Crippen LogP contribution in [0.1, 0.15) is 32.3 Å². The van der Waals surface area contributed by atoms with Gasteiger partial charge in [0, 0.05) is 29.7 Å². The van der Waals surface area contributed by atoms with Gasteiger partial charge in [0.1, 0.15) is 5.82 Å². The lowest BCUT2D eigenvalue weighted by Gasteiger charge is -2.26. The Bertz CT molecular complexity index is 416. The molecule has 2 rings (SSSR count). The van der Waals surface area contributed by atoms with Crippen LogP contribution in [0.5, 0.6) is 0 Å². The Morgan fingerprint density at radius 1 is 1.45 bits per heavy atom. The second-order valence-corrected chi connectivity index (χ2v) is 6.48. The summed E-state index contributed by atoms with van der Waals surface area (Å²) in [6.45, 7) is 8.07. The quantitative estimate of drug-likeness (QED) is 0.912. The summed E-state index contributed by atoms with van der Waals surface area (Å²) in [5.41, 5.74) is 0.624. The highest BCUT2D eigenvalue weighted by Gasteiger charge is 2.20. The van der Waals surface area contributed by atoms with Crippen molar-refractivity contribution in [2.75, 3.05) is 19.6 Å². The Hall–Kier alpha value is -0.640. The van der Waals surface area contributed by atoms with Gasteiger partial charge in [0.2, 0.25) is 0 Å². The van der Waals surface area contributed by atoms with Crippen LogP contribution in [0.15, 0.2) is 18.2 Å². The Balaban J connectivity index is 2.03. The molecule has 0 spiro atoms. The van der Waals surface area contributed by atoms with E-state index in [0.717, 1.165) is 32.5 Å². The zero-order chi connectivity index (χ0) is 14.5. The van der Waals surface area contributed by atoms with E-state index < -0.39 is 0 Å². The molecular weight excluding hydrogens is 275 g/mol. The van der Waals surface area contributed by atoms with Gasteiger partial charge in [-0.05, 0) is 44.0 Å². The first-order valence-electron chi connectivity index (χ1n) is 7.45. The predicted molar refractivity (Wildman–Crippen MR) is 82.5 cm³/mol. The summed E-state index contributed by atoms with van der Waals surface area (Å²) in [7, 11) is 0. The van der Waals surface area contributed by atoms with Crippen LogP contribution in [-0.4, -0.2) is 30.6 Å². The monoisotopic (exact) mass is 298 g/mol. The number of halogens is 2. The highest BCUT2D eigenvalue weighted by Crippen LogP contribution is 2.22. The van der Waals surface area contributed by atoms with E-state index in [1.807, 2.05) is 0 Å². The first-order valence-corrected chi connectivity index (χ1v) is 7.82. The number of hydrogen-bond donors (Lipinski definition) is 1. The van der Waals surface area contributed by atoms with Gasteiger partial charge in [0.15, 0.2) is 0 Å². The molecule has 0 aromatic heterocycles. The summed E-state index contributed by atoms with van der Waals surface area (Å²) >= 11 is 6.13. The SMILES string of the molecule is CC(C)CC1CN(Cc2c(F)cccc2Cl)CCCN1. The molecule has 0 bridgehead atoms. The van der Waals surface area contributed by atoms with E-state index in [0.29, 0.717) is 29.1 Å². The third kappa shape index (κ3) is 4.44. The molecule has 20 heavy (non-hydrogen) atoms. The largest absolute Gasteiger partial charge is 0.313 e. The van der Waals surface area contributed by atoms with Crippen LogP contribution in [-0.2, 0) is 6.54 Å². The van der Waals surface area contributed by atoms with Gasteiger partial charge >= 0.3 is 0 Å². The van der Waals surface area contributed by atoms with Crippen molar-refractivity contribution in [1.82, 2.24) is 10.2 Å². The minimum Gasteiger partial charge on any atom is -0.313 e. The second-order valence-electron chi connectivity index (χ2n) is 6.07. The number of rotatable bonds is 4. The van der Waals surface area contributed by atoms with Crippen LogP contribution in [0.25, 0.3) is 0 Å². The molecule has 4 heteroatoms. The molecule has 1 heterocycles. The molecule has 0 amide bonds. The van der Waals surface area contributed by atoms with Crippen LogP contribution < -0.4 is 5.32 Å². The Morgan fingerprint density at radius 3 is 2.95 bits per heavy atom. The third-order valence-electron chi connectivity index (χ3n) is 3.76. The average Bonchev–Trinajstić information content (AvgIpc) is 2.58. The summed E-state index contributed by atoms with van der Waals surface area (Å²) in [5, 5.41) is 4.12. The lowest BCUT2D eigenvalue weighted by molar-refractivity contribution is 0.245. The molecule has 1 atom stereocenters. The summed E-state index contributed by atoms with van der Waals surface area (Å²) < 4.78 is 13.9. The van der Waals surface area contributed by atoms with Crippen LogP contribution in [0.2, 0.25) is 5.02 Å². The second kappa shape index (κ2) is 7.39. The molecule has 0 saturated carbocycles. The van der Waals surface area contributed by atoms with E-state index in [1.165, 1.54) is 6.07 Å². The minimum atomic E-state index is -0.199. The molecule has 1 aromatic carbocycles. The summed E-state index contributed by atoms with van der Waals surface area (Å²) in [6, 6.07) is 5.40. The maximum atomic E-state index is 13.9. The van der Waals surface area contributed by atoms with Gasteiger partial charge < -0.3 is 5.32 Å². The maximum Gasteiger partial charge on any atom is 0.129 e. The lowest BCUT2D eigenvalue weighted by atomic mass is 10.0.